The molecule has 0 unspecified atom stereocenters. The lowest BCUT2D eigenvalue weighted by Crippen LogP contribution is -2.45. The van der Waals surface area contributed by atoms with Crippen LogP contribution in [0, 0.1) is 0 Å². The number of hydrogen-bond acceptors (Lipinski definition) is 7. The smallest absolute Gasteiger partial charge is 0.339 e. The lowest BCUT2D eigenvalue weighted by atomic mass is 10.1. The zero-order chi connectivity index (χ0) is 33.0. The number of hydrogen-bond donors (Lipinski definition) is 4. The van der Waals surface area contributed by atoms with Crippen molar-refractivity contribution < 1.29 is 8.42 Å². The van der Waals surface area contributed by atoms with E-state index >= 15 is 0 Å². The molecular weight excluding hydrogens is 657 g/mol. The Hall–Kier alpha value is -3.55. The molecule has 1 saturated heterocycles. The van der Waals surface area contributed by atoms with Crippen molar-refractivity contribution in [3.63, 3.8) is 0 Å². The van der Waals surface area contributed by atoms with Crippen LogP contribution in [-0.2, 0) is 23.1 Å². The Bertz CT molecular complexity index is 2010. The van der Waals surface area contributed by atoms with Crippen LogP contribution in [0.2, 0.25) is 10.0 Å². The van der Waals surface area contributed by atoms with E-state index in [1.807, 2.05) is 30.3 Å². The second kappa shape index (κ2) is 14.7. The molecule has 1 aliphatic heterocycles. The third-order valence-electron chi connectivity index (χ3n) is 8.42. The normalized spacial score (nSPS) is 14.3. The van der Waals surface area contributed by atoms with E-state index in [-0.39, 0.29) is 17.5 Å². The van der Waals surface area contributed by atoms with Gasteiger partial charge >= 0.3 is 5.69 Å². The summed E-state index contributed by atoms with van der Waals surface area (Å²) in [5.41, 5.74) is 9.69. The summed E-state index contributed by atoms with van der Waals surface area (Å²) in [5.74, 6) is 0. The first-order valence-electron chi connectivity index (χ1n) is 15.6. The zero-order valence-corrected chi connectivity index (χ0v) is 28.1. The van der Waals surface area contributed by atoms with Crippen LogP contribution in [0.25, 0.3) is 28.0 Å². The predicted molar refractivity (Wildman–Crippen MR) is 188 cm³/mol. The lowest BCUT2D eigenvalue weighted by Gasteiger charge is -2.34. The number of nitrogens with one attached hydrogen (secondary N) is 3. The first-order chi connectivity index (χ1) is 22.7. The number of sulfonamides is 1. The van der Waals surface area contributed by atoms with Gasteiger partial charge in [-0.3, -0.25) is 4.57 Å². The van der Waals surface area contributed by atoms with Gasteiger partial charge in [0.2, 0.25) is 10.0 Å². The SMILES string of the molecule is NCCCNCc1ccc(-n2cc3cc(-c4ccc(S(=O)(=O)N(Cc5ccc(Cl)c(Cl)c5)C5CCNCC5)cc4)[nH]c3nc2=O)cc1. The van der Waals surface area contributed by atoms with Crippen molar-refractivity contribution in [1.29, 1.82) is 0 Å². The highest BCUT2D eigenvalue weighted by Gasteiger charge is 2.32. The molecule has 6 rings (SSSR count). The first-order valence-corrected chi connectivity index (χ1v) is 17.8. The van der Waals surface area contributed by atoms with Crippen molar-refractivity contribution in [3.8, 4) is 16.9 Å². The highest BCUT2D eigenvalue weighted by Crippen LogP contribution is 2.30. The van der Waals surface area contributed by atoms with Crippen molar-refractivity contribution in [1.82, 2.24) is 29.5 Å². The first kappa shape index (κ1) is 33.4. The Morgan fingerprint density at radius 3 is 2.38 bits per heavy atom. The third-order valence-corrected chi connectivity index (χ3v) is 11.1. The monoisotopic (exact) mass is 693 g/mol. The summed E-state index contributed by atoms with van der Waals surface area (Å²) in [5, 5.41) is 8.22. The van der Waals surface area contributed by atoms with Crippen molar-refractivity contribution in [2.45, 2.75) is 43.3 Å². The van der Waals surface area contributed by atoms with Crippen LogP contribution in [0.3, 0.4) is 0 Å². The lowest BCUT2D eigenvalue weighted by molar-refractivity contribution is 0.256. The molecule has 2 aromatic heterocycles. The minimum atomic E-state index is -3.85. The summed E-state index contributed by atoms with van der Waals surface area (Å²) in [4.78, 5) is 20.6. The fraction of sp³-hybridized carbons (Fsp3) is 0.294. The molecule has 0 amide bonds. The molecule has 0 atom stereocenters. The molecule has 1 fully saturated rings. The van der Waals surface area contributed by atoms with Gasteiger partial charge in [0.1, 0.15) is 5.65 Å². The highest BCUT2D eigenvalue weighted by atomic mass is 35.5. The number of rotatable bonds is 12. The third kappa shape index (κ3) is 7.62. The van der Waals surface area contributed by atoms with Crippen LogP contribution in [0.1, 0.15) is 30.4 Å². The number of benzene rings is 3. The van der Waals surface area contributed by atoms with Gasteiger partial charge in [0.25, 0.3) is 0 Å². The van der Waals surface area contributed by atoms with Gasteiger partial charge in [-0.15, -0.1) is 0 Å². The number of piperidine rings is 1. The molecular formula is C34H37Cl2N7O3S. The van der Waals surface area contributed by atoms with Crippen LogP contribution < -0.4 is 22.1 Å². The Labute approximate surface area is 284 Å². The maximum atomic E-state index is 14.1. The van der Waals surface area contributed by atoms with Crippen LogP contribution in [-0.4, -0.2) is 59.5 Å². The molecule has 13 heteroatoms. The molecule has 3 heterocycles. The molecule has 5 aromatic rings. The molecule has 0 aliphatic carbocycles. The van der Waals surface area contributed by atoms with Gasteiger partial charge in [-0.25, -0.2) is 13.2 Å². The topological polar surface area (TPSA) is 138 Å². The number of nitrogens with two attached hydrogens (primary N) is 1. The van der Waals surface area contributed by atoms with Crippen molar-refractivity contribution in [2.24, 2.45) is 5.73 Å². The Balaban J connectivity index is 1.23. The molecule has 10 nitrogen and oxygen atoms in total. The number of aromatic amines is 1. The standard InChI is InChI=1S/C34H37Cl2N7O3S/c35-30-11-4-24(18-31(30)36)21-43(28-12-16-38-17-13-28)47(45,46)29-9-5-25(6-10-29)32-19-26-22-42(34(44)41-33(26)40-32)27-7-2-23(3-8-27)20-39-15-1-14-37/h2-11,18-19,22,28,38-39H,1,12-17,20-21,37H2,(H,40,41,44). The molecule has 5 N–H and O–H groups in total. The minimum absolute atomic E-state index is 0.155. The van der Waals surface area contributed by atoms with Gasteiger partial charge in [0.15, 0.2) is 0 Å². The second-order valence-corrected chi connectivity index (χ2v) is 14.4. The Kier molecular flexibility index (Phi) is 10.4. The van der Waals surface area contributed by atoms with E-state index in [0.717, 1.165) is 60.4 Å². The fourth-order valence-electron chi connectivity index (χ4n) is 5.83. The zero-order valence-electron chi connectivity index (χ0n) is 25.8. The van der Waals surface area contributed by atoms with Gasteiger partial charge in [-0.2, -0.15) is 9.29 Å². The minimum Gasteiger partial charge on any atom is -0.339 e. The van der Waals surface area contributed by atoms with E-state index in [1.165, 1.54) is 4.57 Å². The van der Waals surface area contributed by atoms with Crippen LogP contribution in [0.4, 0.5) is 0 Å². The maximum absolute atomic E-state index is 14.1. The van der Waals surface area contributed by atoms with Gasteiger partial charge in [0, 0.05) is 36.4 Å². The Morgan fingerprint density at radius 1 is 0.957 bits per heavy atom. The molecule has 0 spiro atoms. The number of aromatic nitrogens is 3. The van der Waals surface area contributed by atoms with Crippen LogP contribution in [0.15, 0.2) is 88.7 Å². The average molecular weight is 695 g/mol. The van der Waals surface area contributed by atoms with E-state index < -0.39 is 15.7 Å². The quantitative estimate of drug-likeness (QED) is 0.134. The van der Waals surface area contributed by atoms with Crippen molar-refractivity contribution >= 4 is 44.3 Å². The molecule has 0 radical (unpaired) electrons. The molecule has 0 bridgehead atoms. The van der Waals surface area contributed by atoms with Gasteiger partial charge in [-0.1, -0.05) is 53.5 Å². The van der Waals surface area contributed by atoms with Gasteiger partial charge in [0.05, 0.1) is 20.6 Å². The van der Waals surface area contributed by atoms with Gasteiger partial charge < -0.3 is 21.4 Å². The van der Waals surface area contributed by atoms with Gasteiger partial charge in [-0.05, 0) is 105 Å². The predicted octanol–water partition coefficient (Wildman–Crippen LogP) is 5.07. The number of fused-ring (bicyclic) bond motifs is 1. The summed E-state index contributed by atoms with van der Waals surface area (Å²) < 4.78 is 31.2. The highest BCUT2D eigenvalue weighted by molar-refractivity contribution is 7.89. The van der Waals surface area contributed by atoms with Crippen LogP contribution >= 0.6 is 23.2 Å². The maximum Gasteiger partial charge on any atom is 0.354 e. The van der Waals surface area contributed by atoms with E-state index in [9.17, 15) is 13.2 Å². The second-order valence-electron chi connectivity index (χ2n) is 11.7. The number of halogens is 2. The summed E-state index contributed by atoms with van der Waals surface area (Å²) in [7, 11) is -3.85. The average Bonchev–Trinajstić information content (AvgIpc) is 3.50. The summed E-state index contributed by atoms with van der Waals surface area (Å²) >= 11 is 12.4. The largest absolute Gasteiger partial charge is 0.354 e. The Morgan fingerprint density at radius 2 is 1.68 bits per heavy atom. The number of H-pyrrole nitrogens is 1. The molecule has 47 heavy (non-hydrogen) atoms. The molecule has 0 saturated carbocycles. The molecule has 3 aromatic carbocycles. The summed E-state index contributed by atoms with van der Waals surface area (Å²) in [6.07, 6.45) is 4.09. The fourth-order valence-corrected chi connectivity index (χ4v) is 7.83. The van der Waals surface area contributed by atoms with Crippen molar-refractivity contribution in [3.05, 3.63) is 111 Å². The van der Waals surface area contributed by atoms with Crippen molar-refractivity contribution in [2.75, 3.05) is 26.2 Å². The van der Waals surface area contributed by atoms with E-state index in [0.29, 0.717) is 40.8 Å². The van der Waals surface area contributed by atoms with E-state index in [2.05, 4.69) is 20.6 Å². The molecule has 246 valence electrons. The summed E-state index contributed by atoms with van der Waals surface area (Å²) in [6.45, 7) is 3.90. The number of nitrogens with zero attached hydrogens (tertiary/aromatic N) is 3. The van der Waals surface area contributed by atoms with E-state index in [4.69, 9.17) is 28.9 Å². The summed E-state index contributed by atoms with van der Waals surface area (Å²) in [6, 6.07) is 21.5. The van der Waals surface area contributed by atoms with E-state index in [1.54, 1.807) is 53.0 Å². The van der Waals surface area contributed by atoms with Crippen LogP contribution in [0.5, 0.6) is 0 Å². The molecule has 1 aliphatic rings.